The summed E-state index contributed by atoms with van der Waals surface area (Å²) >= 11 is 0. The highest BCUT2D eigenvalue weighted by Crippen LogP contribution is 2.22. The van der Waals surface area contributed by atoms with Crippen LogP contribution >= 0.6 is 0 Å². The first-order valence-corrected chi connectivity index (χ1v) is 11.3. The summed E-state index contributed by atoms with van der Waals surface area (Å²) in [5.74, 6) is 0.947. The molecular formula is C18H23F2N7O3S. The minimum atomic E-state index is -3.32. The molecule has 0 spiro atoms. The van der Waals surface area contributed by atoms with Gasteiger partial charge in [-0.15, -0.1) is 0 Å². The fourth-order valence-corrected chi connectivity index (χ4v) is 3.54. The predicted octanol–water partition coefficient (Wildman–Crippen LogP) is 1.31. The predicted molar refractivity (Wildman–Crippen MR) is 112 cm³/mol. The summed E-state index contributed by atoms with van der Waals surface area (Å²) in [5, 5.41) is 7.15. The first kappa shape index (κ1) is 22.9. The van der Waals surface area contributed by atoms with E-state index < -0.39 is 22.2 Å². The Kier molecular flexibility index (Phi) is 7.08. The van der Waals surface area contributed by atoms with E-state index in [9.17, 15) is 17.2 Å². The summed E-state index contributed by atoms with van der Waals surface area (Å²) < 4.78 is 55.8. The molecule has 10 nitrogen and oxygen atoms in total. The van der Waals surface area contributed by atoms with Gasteiger partial charge in [0.05, 0.1) is 41.8 Å². The second-order valence-electron chi connectivity index (χ2n) is 7.13. The van der Waals surface area contributed by atoms with Gasteiger partial charge in [-0.2, -0.15) is 0 Å². The molecule has 3 heterocycles. The number of imidazole rings is 1. The van der Waals surface area contributed by atoms with E-state index in [1.807, 2.05) is 11.8 Å². The smallest absolute Gasteiger partial charge is 0.279 e. The van der Waals surface area contributed by atoms with Crippen molar-refractivity contribution in [1.29, 1.82) is 5.41 Å². The Hall–Kier alpha value is -2.77. The zero-order valence-corrected chi connectivity index (χ0v) is 17.7. The number of rotatable bonds is 8. The lowest BCUT2D eigenvalue weighted by atomic mass is 10.2. The molecule has 1 fully saturated rings. The standard InChI is InChI=1S/C18H23F2N7O3S/c1-11-8-27(9-12(30-11)6-25-31(2,28)29)17-5-14(23-10-24-17)15-7-22-16(26-15)4-3-13(21)18(19)20/h3-5,7,10-12,18,21,25H,6,8-9H2,1-2H3,(H,22,26)/b4-3-,21-13?. The molecule has 168 valence electrons. The number of halogens is 2. The Balaban J connectivity index is 1.73. The van der Waals surface area contributed by atoms with Gasteiger partial charge < -0.3 is 14.6 Å². The first-order valence-electron chi connectivity index (χ1n) is 9.38. The lowest BCUT2D eigenvalue weighted by Crippen LogP contribution is -2.51. The van der Waals surface area contributed by atoms with E-state index in [4.69, 9.17) is 10.1 Å². The fraction of sp³-hybridized carbons (Fsp3) is 0.444. The van der Waals surface area contributed by atoms with Gasteiger partial charge >= 0.3 is 0 Å². The Morgan fingerprint density at radius 1 is 1.42 bits per heavy atom. The van der Waals surface area contributed by atoms with Gasteiger partial charge in [-0.05, 0) is 19.1 Å². The minimum absolute atomic E-state index is 0.132. The number of alkyl halides is 2. The monoisotopic (exact) mass is 455 g/mol. The van der Waals surface area contributed by atoms with Crippen molar-refractivity contribution in [2.45, 2.75) is 25.6 Å². The molecular weight excluding hydrogens is 432 g/mol. The molecule has 0 amide bonds. The van der Waals surface area contributed by atoms with Crippen molar-refractivity contribution < 1.29 is 21.9 Å². The molecule has 2 aromatic rings. The number of H-pyrrole nitrogens is 1. The third-order valence-corrected chi connectivity index (χ3v) is 5.09. The number of aromatic amines is 1. The maximum Gasteiger partial charge on any atom is 0.279 e. The van der Waals surface area contributed by atoms with Crippen molar-refractivity contribution in [2.75, 3.05) is 30.8 Å². The molecule has 13 heteroatoms. The highest BCUT2D eigenvalue weighted by molar-refractivity contribution is 7.88. The number of allylic oxidation sites excluding steroid dienone is 1. The lowest BCUT2D eigenvalue weighted by molar-refractivity contribution is -0.0124. The summed E-state index contributed by atoms with van der Waals surface area (Å²) in [6.45, 7) is 3.06. The second kappa shape index (κ2) is 9.58. The Morgan fingerprint density at radius 2 is 2.19 bits per heavy atom. The number of sulfonamides is 1. The van der Waals surface area contributed by atoms with Gasteiger partial charge in [0.1, 0.15) is 18.0 Å². The topological polar surface area (TPSA) is 137 Å². The second-order valence-corrected chi connectivity index (χ2v) is 8.96. The number of hydrogen-bond donors (Lipinski definition) is 3. The molecule has 3 rings (SSSR count). The number of hydrogen-bond acceptors (Lipinski definition) is 8. The minimum Gasteiger partial charge on any atom is -0.370 e. The zero-order valence-electron chi connectivity index (χ0n) is 16.9. The summed E-state index contributed by atoms with van der Waals surface area (Å²) in [6, 6.07) is 1.75. The summed E-state index contributed by atoms with van der Waals surface area (Å²) in [6.07, 6.45) is 2.97. The Morgan fingerprint density at radius 3 is 2.90 bits per heavy atom. The van der Waals surface area contributed by atoms with Gasteiger partial charge in [-0.25, -0.2) is 36.9 Å². The number of nitrogens with zero attached hydrogens (tertiary/aromatic N) is 4. The van der Waals surface area contributed by atoms with Crippen LogP contribution in [0.2, 0.25) is 0 Å². The van der Waals surface area contributed by atoms with Crippen LogP contribution in [0.25, 0.3) is 17.5 Å². The summed E-state index contributed by atoms with van der Waals surface area (Å²) in [4.78, 5) is 17.6. The van der Waals surface area contributed by atoms with Crippen LogP contribution in [0.1, 0.15) is 12.7 Å². The van der Waals surface area contributed by atoms with E-state index in [1.54, 1.807) is 6.07 Å². The van der Waals surface area contributed by atoms with Gasteiger partial charge in [0.2, 0.25) is 10.0 Å². The molecule has 1 saturated heterocycles. The quantitative estimate of drug-likeness (QED) is 0.510. The molecule has 0 bridgehead atoms. The van der Waals surface area contributed by atoms with E-state index in [1.165, 1.54) is 18.6 Å². The number of ether oxygens (including phenoxy) is 1. The van der Waals surface area contributed by atoms with Crippen LogP contribution in [-0.4, -0.2) is 78.6 Å². The van der Waals surface area contributed by atoms with E-state index in [2.05, 4.69) is 24.7 Å². The lowest BCUT2D eigenvalue weighted by Gasteiger charge is -2.37. The summed E-state index contributed by atoms with van der Waals surface area (Å²) in [5.41, 5.74) is 0.304. The number of anilines is 1. The maximum atomic E-state index is 12.4. The van der Waals surface area contributed by atoms with Crippen LogP contribution in [0.5, 0.6) is 0 Å². The van der Waals surface area contributed by atoms with Gasteiger partial charge in [-0.3, -0.25) is 5.41 Å². The van der Waals surface area contributed by atoms with Crippen molar-refractivity contribution in [3.05, 3.63) is 30.5 Å². The van der Waals surface area contributed by atoms with Crippen LogP contribution in [0, 0.1) is 5.41 Å². The molecule has 0 aliphatic carbocycles. The third-order valence-electron chi connectivity index (χ3n) is 4.40. The van der Waals surface area contributed by atoms with E-state index in [0.29, 0.717) is 36.1 Å². The molecule has 2 atom stereocenters. The van der Waals surface area contributed by atoms with Crippen LogP contribution in [0.3, 0.4) is 0 Å². The highest BCUT2D eigenvalue weighted by atomic mass is 32.2. The fourth-order valence-electron chi connectivity index (χ4n) is 3.05. The van der Waals surface area contributed by atoms with Crippen molar-refractivity contribution in [3.63, 3.8) is 0 Å². The molecule has 0 radical (unpaired) electrons. The molecule has 3 N–H and O–H groups in total. The molecule has 31 heavy (non-hydrogen) atoms. The van der Waals surface area contributed by atoms with Gasteiger partial charge in [0.15, 0.2) is 0 Å². The van der Waals surface area contributed by atoms with Crippen molar-refractivity contribution >= 4 is 27.6 Å². The number of morpholine rings is 1. The van der Waals surface area contributed by atoms with Crippen LogP contribution in [0.15, 0.2) is 24.7 Å². The zero-order chi connectivity index (χ0) is 22.6. The van der Waals surface area contributed by atoms with E-state index in [-0.39, 0.29) is 18.8 Å². The van der Waals surface area contributed by atoms with Gasteiger partial charge in [-0.1, -0.05) is 0 Å². The maximum absolute atomic E-state index is 12.4. The van der Waals surface area contributed by atoms with Crippen LogP contribution in [-0.2, 0) is 14.8 Å². The number of aromatic nitrogens is 4. The molecule has 0 aromatic carbocycles. The largest absolute Gasteiger partial charge is 0.370 e. The third kappa shape index (κ3) is 6.60. The Bertz CT molecular complexity index is 1060. The first-order chi connectivity index (χ1) is 14.6. The molecule has 1 aliphatic rings. The van der Waals surface area contributed by atoms with Crippen LogP contribution in [0.4, 0.5) is 14.6 Å². The molecule has 2 aromatic heterocycles. The van der Waals surface area contributed by atoms with Crippen molar-refractivity contribution in [1.82, 2.24) is 24.7 Å². The Labute approximate surface area is 178 Å². The normalized spacial score (nSPS) is 20.0. The molecule has 0 saturated carbocycles. The average molecular weight is 455 g/mol. The molecule has 1 aliphatic heterocycles. The number of nitrogens with one attached hydrogen (secondary N) is 3. The van der Waals surface area contributed by atoms with Crippen molar-refractivity contribution in [2.24, 2.45) is 0 Å². The van der Waals surface area contributed by atoms with Gasteiger partial charge in [0, 0.05) is 25.7 Å². The van der Waals surface area contributed by atoms with Crippen molar-refractivity contribution in [3.8, 4) is 11.4 Å². The average Bonchev–Trinajstić information content (AvgIpc) is 3.19. The SMILES string of the molecule is CC1CN(c2cc(-c3cnc(/C=C\C(=N)C(F)F)[nH]3)ncn2)CC(CNS(C)(=O)=O)O1. The van der Waals surface area contributed by atoms with E-state index in [0.717, 1.165) is 12.3 Å². The molecule has 2 unspecified atom stereocenters. The summed E-state index contributed by atoms with van der Waals surface area (Å²) in [7, 11) is -3.32. The van der Waals surface area contributed by atoms with Gasteiger partial charge in [0.25, 0.3) is 6.43 Å². The highest BCUT2D eigenvalue weighted by Gasteiger charge is 2.27. The van der Waals surface area contributed by atoms with Crippen LogP contribution < -0.4 is 9.62 Å². The van der Waals surface area contributed by atoms with E-state index >= 15 is 0 Å².